The third-order valence-corrected chi connectivity index (χ3v) is 4.18. The summed E-state index contributed by atoms with van der Waals surface area (Å²) in [5.41, 5.74) is 0. The predicted octanol–water partition coefficient (Wildman–Crippen LogP) is 0.430. The van der Waals surface area contributed by atoms with Gasteiger partial charge in [0.15, 0.2) is 0 Å². The molecular weight excluding hydrogens is 240 g/mol. The summed E-state index contributed by atoms with van der Waals surface area (Å²) >= 11 is 0. The van der Waals surface area contributed by atoms with Gasteiger partial charge in [-0.2, -0.15) is 0 Å². The summed E-state index contributed by atoms with van der Waals surface area (Å²) in [7, 11) is -3.17. The Hall–Kier alpha value is -0.620. The van der Waals surface area contributed by atoms with Crippen molar-refractivity contribution in [2.45, 2.75) is 26.7 Å². The zero-order chi connectivity index (χ0) is 13.1. The maximum atomic E-state index is 11.8. The second-order valence-electron chi connectivity index (χ2n) is 5.10. The third-order valence-electron chi connectivity index (χ3n) is 2.91. The number of rotatable bonds is 4. The van der Waals surface area contributed by atoms with E-state index in [2.05, 4.69) is 5.32 Å². The summed E-state index contributed by atoms with van der Waals surface area (Å²) in [6.45, 7) is 5.57. The van der Waals surface area contributed by atoms with Crippen molar-refractivity contribution >= 4 is 15.9 Å². The molecule has 1 unspecified atom stereocenters. The molecule has 1 heterocycles. The number of hydrogen-bond acceptors (Lipinski definition) is 3. The first-order valence-corrected chi connectivity index (χ1v) is 7.88. The first kappa shape index (κ1) is 14.4. The minimum absolute atomic E-state index is 0.0212. The number of amides is 1. The van der Waals surface area contributed by atoms with Gasteiger partial charge in [0.25, 0.3) is 0 Å². The lowest BCUT2D eigenvalue weighted by Crippen LogP contribution is -2.45. The molecule has 1 N–H and O–H groups in total. The van der Waals surface area contributed by atoms with Gasteiger partial charge < -0.3 is 5.32 Å². The summed E-state index contributed by atoms with van der Waals surface area (Å²) < 4.78 is 24.2. The van der Waals surface area contributed by atoms with Crippen molar-refractivity contribution in [3.8, 4) is 0 Å². The fourth-order valence-electron chi connectivity index (χ4n) is 1.91. The van der Waals surface area contributed by atoms with Crippen LogP contribution < -0.4 is 5.32 Å². The SMILES string of the molecule is CC(C)CNC(=O)C1CCCN(S(C)(=O)=O)C1. The Labute approximate surface area is 104 Å². The van der Waals surface area contributed by atoms with Crippen LogP contribution in [0.25, 0.3) is 0 Å². The second-order valence-corrected chi connectivity index (χ2v) is 7.08. The normalized spacial score (nSPS) is 22.7. The molecule has 5 nitrogen and oxygen atoms in total. The summed E-state index contributed by atoms with van der Waals surface area (Å²) in [5, 5.41) is 2.86. The van der Waals surface area contributed by atoms with Gasteiger partial charge in [0, 0.05) is 19.6 Å². The minimum atomic E-state index is -3.17. The summed E-state index contributed by atoms with van der Waals surface area (Å²) in [4.78, 5) is 11.8. The van der Waals surface area contributed by atoms with Gasteiger partial charge in [-0.25, -0.2) is 12.7 Å². The molecule has 0 saturated carbocycles. The molecule has 100 valence electrons. The highest BCUT2D eigenvalue weighted by Crippen LogP contribution is 2.18. The largest absolute Gasteiger partial charge is 0.356 e. The molecule has 1 rings (SSSR count). The van der Waals surface area contributed by atoms with Gasteiger partial charge in [-0.1, -0.05) is 13.8 Å². The molecular formula is C11H22N2O3S. The smallest absolute Gasteiger partial charge is 0.224 e. The van der Waals surface area contributed by atoms with Crippen LogP contribution in [-0.4, -0.2) is 44.5 Å². The standard InChI is InChI=1S/C11H22N2O3S/c1-9(2)7-12-11(14)10-5-4-6-13(8-10)17(3,15)16/h9-10H,4-8H2,1-3H3,(H,12,14). The number of hydrogen-bond donors (Lipinski definition) is 1. The number of carbonyl (C=O) groups is 1. The Morgan fingerprint density at radius 3 is 2.65 bits per heavy atom. The average molecular weight is 262 g/mol. The topological polar surface area (TPSA) is 66.5 Å². The van der Waals surface area contributed by atoms with Crippen molar-refractivity contribution < 1.29 is 13.2 Å². The van der Waals surface area contributed by atoms with E-state index >= 15 is 0 Å². The number of piperidine rings is 1. The predicted molar refractivity (Wildman–Crippen MR) is 67.0 cm³/mol. The van der Waals surface area contributed by atoms with Crippen LogP contribution in [0.5, 0.6) is 0 Å². The molecule has 1 atom stereocenters. The molecule has 0 aromatic carbocycles. The molecule has 0 aliphatic carbocycles. The molecule has 0 spiro atoms. The van der Waals surface area contributed by atoms with Gasteiger partial charge in [-0.15, -0.1) is 0 Å². The van der Waals surface area contributed by atoms with Crippen molar-refractivity contribution in [2.24, 2.45) is 11.8 Å². The molecule has 0 bridgehead atoms. The van der Waals surface area contributed by atoms with Gasteiger partial charge >= 0.3 is 0 Å². The molecule has 0 radical (unpaired) electrons. The molecule has 17 heavy (non-hydrogen) atoms. The summed E-state index contributed by atoms with van der Waals surface area (Å²) in [6.07, 6.45) is 2.73. The van der Waals surface area contributed by atoms with E-state index in [-0.39, 0.29) is 11.8 Å². The van der Waals surface area contributed by atoms with Crippen molar-refractivity contribution in [1.29, 1.82) is 0 Å². The molecule has 0 aromatic heterocycles. The van der Waals surface area contributed by atoms with Crippen molar-refractivity contribution in [3.63, 3.8) is 0 Å². The zero-order valence-corrected chi connectivity index (χ0v) is 11.6. The summed E-state index contributed by atoms with van der Waals surface area (Å²) in [5.74, 6) is 0.192. The van der Waals surface area contributed by atoms with Gasteiger partial charge in [-0.05, 0) is 18.8 Å². The van der Waals surface area contributed by atoms with E-state index in [4.69, 9.17) is 0 Å². The van der Waals surface area contributed by atoms with E-state index in [1.165, 1.54) is 10.6 Å². The monoisotopic (exact) mass is 262 g/mol. The Balaban J connectivity index is 2.52. The number of sulfonamides is 1. The highest BCUT2D eigenvalue weighted by atomic mass is 32.2. The van der Waals surface area contributed by atoms with Crippen molar-refractivity contribution in [1.82, 2.24) is 9.62 Å². The van der Waals surface area contributed by atoms with Crippen LogP contribution in [0.3, 0.4) is 0 Å². The number of carbonyl (C=O) groups excluding carboxylic acids is 1. The number of nitrogens with one attached hydrogen (secondary N) is 1. The maximum absolute atomic E-state index is 11.8. The van der Waals surface area contributed by atoms with Gasteiger partial charge in [0.1, 0.15) is 0 Å². The van der Waals surface area contributed by atoms with Crippen molar-refractivity contribution in [2.75, 3.05) is 25.9 Å². The van der Waals surface area contributed by atoms with Crippen LogP contribution in [0.2, 0.25) is 0 Å². The van der Waals surface area contributed by atoms with Gasteiger partial charge in [-0.3, -0.25) is 4.79 Å². The van der Waals surface area contributed by atoms with E-state index in [1.54, 1.807) is 0 Å². The number of nitrogens with zero attached hydrogens (tertiary/aromatic N) is 1. The second kappa shape index (κ2) is 5.82. The molecule has 0 aromatic rings. The minimum Gasteiger partial charge on any atom is -0.356 e. The first-order chi connectivity index (χ1) is 7.80. The van der Waals surface area contributed by atoms with Gasteiger partial charge in [0.2, 0.25) is 15.9 Å². The van der Waals surface area contributed by atoms with Crippen LogP contribution in [0, 0.1) is 11.8 Å². The lowest BCUT2D eigenvalue weighted by Gasteiger charge is -2.30. The molecule has 1 fully saturated rings. The van der Waals surface area contributed by atoms with Crippen molar-refractivity contribution in [3.05, 3.63) is 0 Å². The average Bonchev–Trinajstić information content (AvgIpc) is 2.25. The van der Waals surface area contributed by atoms with Crippen LogP contribution in [0.1, 0.15) is 26.7 Å². The quantitative estimate of drug-likeness (QED) is 0.799. The Morgan fingerprint density at radius 2 is 2.12 bits per heavy atom. The molecule has 6 heteroatoms. The zero-order valence-electron chi connectivity index (χ0n) is 10.8. The molecule has 1 amide bonds. The highest BCUT2D eigenvalue weighted by molar-refractivity contribution is 7.88. The van der Waals surface area contributed by atoms with Crippen LogP contribution >= 0.6 is 0 Å². The Kier molecular flexibility index (Phi) is 4.94. The van der Waals surface area contributed by atoms with E-state index in [0.29, 0.717) is 25.6 Å². The first-order valence-electron chi connectivity index (χ1n) is 6.03. The van der Waals surface area contributed by atoms with E-state index < -0.39 is 10.0 Å². The van der Waals surface area contributed by atoms with Crippen LogP contribution in [0.4, 0.5) is 0 Å². The highest BCUT2D eigenvalue weighted by Gasteiger charge is 2.29. The fourth-order valence-corrected chi connectivity index (χ4v) is 2.82. The Bertz CT molecular complexity index is 365. The lowest BCUT2D eigenvalue weighted by atomic mass is 9.98. The maximum Gasteiger partial charge on any atom is 0.224 e. The van der Waals surface area contributed by atoms with Crippen LogP contribution in [0.15, 0.2) is 0 Å². The van der Waals surface area contributed by atoms with E-state index in [0.717, 1.165) is 12.8 Å². The fraction of sp³-hybridized carbons (Fsp3) is 0.909. The van der Waals surface area contributed by atoms with E-state index in [1.807, 2.05) is 13.8 Å². The van der Waals surface area contributed by atoms with Crippen LogP contribution in [-0.2, 0) is 14.8 Å². The Morgan fingerprint density at radius 1 is 1.47 bits per heavy atom. The van der Waals surface area contributed by atoms with E-state index in [9.17, 15) is 13.2 Å². The van der Waals surface area contributed by atoms with Gasteiger partial charge in [0.05, 0.1) is 12.2 Å². The molecule has 1 aliphatic heterocycles. The summed E-state index contributed by atoms with van der Waals surface area (Å²) in [6, 6.07) is 0. The molecule has 1 saturated heterocycles. The third kappa shape index (κ3) is 4.63. The lowest BCUT2D eigenvalue weighted by molar-refractivity contribution is -0.126. The molecule has 1 aliphatic rings.